The van der Waals surface area contributed by atoms with E-state index in [0.29, 0.717) is 12.8 Å². The topological polar surface area (TPSA) is 58.2 Å². The van der Waals surface area contributed by atoms with Crippen molar-refractivity contribution >= 4 is 46.6 Å². The number of nitrogens with one attached hydrogen (secondary N) is 2. The van der Waals surface area contributed by atoms with Gasteiger partial charge in [0.25, 0.3) is 9.70 Å². The highest BCUT2D eigenvalue weighted by Crippen LogP contribution is 2.26. The summed E-state index contributed by atoms with van der Waals surface area (Å²) in [6.07, 6.45) is 1.39. The van der Waals surface area contributed by atoms with E-state index >= 15 is 0 Å². The van der Waals surface area contributed by atoms with E-state index < -0.39 is 9.70 Å². The van der Waals surface area contributed by atoms with Crippen LogP contribution in [0.3, 0.4) is 0 Å². The van der Waals surface area contributed by atoms with Crippen LogP contribution in [-0.4, -0.2) is 28.7 Å². The summed E-state index contributed by atoms with van der Waals surface area (Å²) < 4.78 is -2.08. The van der Waals surface area contributed by atoms with Crippen LogP contribution in [0.2, 0.25) is 0 Å². The third-order valence-corrected chi connectivity index (χ3v) is 2.72. The van der Waals surface area contributed by atoms with Crippen LogP contribution in [-0.2, 0) is 9.59 Å². The number of rotatable bonds is 1. The van der Waals surface area contributed by atoms with E-state index in [1.54, 1.807) is 0 Å². The number of piperidine rings is 1. The normalized spacial score (nSPS) is 18.6. The Morgan fingerprint density at radius 1 is 1.20 bits per heavy atom. The number of hydrogen-bond donors (Lipinski definition) is 2. The minimum Gasteiger partial charge on any atom is -0.317 e. The second kappa shape index (κ2) is 5.34. The van der Waals surface area contributed by atoms with Crippen molar-refractivity contribution in [2.45, 2.75) is 16.6 Å². The maximum Gasteiger partial charge on any atom is 0.278 e. The summed E-state index contributed by atoms with van der Waals surface area (Å²) in [5, 5.41) is 5.20. The van der Waals surface area contributed by atoms with E-state index in [0.717, 1.165) is 13.1 Å². The summed E-state index contributed by atoms with van der Waals surface area (Å²) >= 11 is 16.0. The summed E-state index contributed by atoms with van der Waals surface area (Å²) in [7, 11) is 0. The number of alkyl halides is 3. The predicted octanol–water partition coefficient (Wildman–Crippen LogP) is 0.999. The van der Waals surface area contributed by atoms with Gasteiger partial charge in [-0.2, -0.15) is 0 Å². The predicted molar refractivity (Wildman–Crippen MR) is 59.0 cm³/mol. The molecule has 4 nitrogen and oxygen atoms in total. The molecule has 1 aliphatic rings. The van der Waals surface area contributed by atoms with Gasteiger partial charge in [0.2, 0.25) is 5.91 Å². The number of carbonyl (C=O) groups is 2. The third-order valence-electron chi connectivity index (χ3n) is 2.20. The minimum atomic E-state index is -2.08. The molecule has 0 bridgehead atoms. The van der Waals surface area contributed by atoms with Gasteiger partial charge in [0.15, 0.2) is 0 Å². The summed E-state index contributed by atoms with van der Waals surface area (Å²) in [5.74, 6) is -1.44. The molecule has 1 rings (SSSR count). The average molecular weight is 274 g/mol. The number of imide groups is 1. The first-order chi connectivity index (χ1) is 6.91. The smallest absolute Gasteiger partial charge is 0.278 e. The van der Waals surface area contributed by atoms with E-state index in [9.17, 15) is 9.59 Å². The van der Waals surface area contributed by atoms with Crippen LogP contribution in [0.15, 0.2) is 0 Å². The highest BCUT2D eigenvalue weighted by molar-refractivity contribution is 6.76. The maximum atomic E-state index is 11.5. The molecule has 0 radical (unpaired) electrons. The van der Waals surface area contributed by atoms with Crippen LogP contribution in [0.5, 0.6) is 0 Å². The molecule has 86 valence electrons. The molecular weight excluding hydrogens is 262 g/mol. The van der Waals surface area contributed by atoms with Crippen LogP contribution in [0.1, 0.15) is 12.8 Å². The van der Waals surface area contributed by atoms with Crippen molar-refractivity contribution in [3.05, 3.63) is 0 Å². The molecule has 1 fully saturated rings. The van der Waals surface area contributed by atoms with Crippen LogP contribution in [0.4, 0.5) is 0 Å². The standard InChI is InChI=1S/C8H11Cl3N2O2/c9-8(10,11)7(15)13-6(14)5-1-3-12-4-2-5/h5,12H,1-4H2,(H,13,14,15). The highest BCUT2D eigenvalue weighted by atomic mass is 35.6. The lowest BCUT2D eigenvalue weighted by atomic mass is 9.97. The molecule has 0 saturated carbocycles. The summed E-state index contributed by atoms with van der Waals surface area (Å²) in [4.78, 5) is 22.7. The number of carbonyl (C=O) groups excluding carboxylic acids is 2. The van der Waals surface area contributed by atoms with Crippen molar-refractivity contribution in [3.63, 3.8) is 0 Å². The Morgan fingerprint density at radius 3 is 2.20 bits per heavy atom. The van der Waals surface area contributed by atoms with E-state index in [-0.39, 0.29) is 11.8 Å². The largest absolute Gasteiger partial charge is 0.317 e. The fourth-order valence-electron chi connectivity index (χ4n) is 1.37. The molecular formula is C8H11Cl3N2O2. The molecule has 0 aliphatic carbocycles. The Labute approximate surface area is 103 Å². The van der Waals surface area contributed by atoms with Crippen molar-refractivity contribution in [1.82, 2.24) is 10.6 Å². The Balaban J connectivity index is 2.44. The third kappa shape index (κ3) is 4.15. The zero-order valence-corrected chi connectivity index (χ0v) is 10.1. The van der Waals surface area contributed by atoms with Gasteiger partial charge in [0.05, 0.1) is 0 Å². The second-order valence-corrected chi connectivity index (χ2v) is 5.62. The monoisotopic (exact) mass is 272 g/mol. The van der Waals surface area contributed by atoms with Crippen LogP contribution in [0.25, 0.3) is 0 Å². The summed E-state index contributed by atoms with van der Waals surface area (Å²) in [5.41, 5.74) is 0. The molecule has 2 amide bonds. The van der Waals surface area contributed by atoms with Gasteiger partial charge in [-0.3, -0.25) is 14.9 Å². The van der Waals surface area contributed by atoms with Crippen molar-refractivity contribution in [1.29, 1.82) is 0 Å². The molecule has 1 aliphatic heterocycles. The summed E-state index contributed by atoms with van der Waals surface area (Å²) in [6.45, 7) is 1.53. The number of amides is 2. The Morgan fingerprint density at radius 2 is 1.73 bits per heavy atom. The van der Waals surface area contributed by atoms with E-state index in [2.05, 4.69) is 10.6 Å². The molecule has 7 heteroatoms. The maximum absolute atomic E-state index is 11.5. The molecule has 1 heterocycles. The SMILES string of the molecule is O=C(NC(=O)C(Cl)(Cl)Cl)C1CCNCC1. The Hall–Kier alpha value is -0.0300. The molecule has 0 unspecified atom stereocenters. The van der Waals surface area contributed by atoms with Crippen molar-refractivity contribution in [2.75, 3.05) is 13.1 Å². The van der Waals surface area contributed by atoms with Crippen LogP contribution >= 0.6 is 34.8 Å². The zero-order chi connectivity index (χ0) is 11.5. The molecule has 0 spiro atoms. The Bertz CT molecular complexity index is 259. The number of hydrogen-bond acceptors (Lipinski definition) is 3. The molecule has 0 aromatic heterocycles. The first-order valence-corrected chi connectivity index (χ1v) is 5.67. The van der Waals surface area contributed by atoms with Crippen molar-refractivity contribution in [3.8, 4) is 0 Å². The van der Waals surface area contributed by atoms with E-state index in [1.165, 1.54) is 0 Å². The fraction of sp³-hybridized carbons (Fsp3) is 0.750. The van der Waals surface area contributed by atoms with Gasteiger partial charge in [0.1, 0.15) is 0 Å². The quantitative estimate of drug-likeness (QED) is 0.701. The Kier molecular flexibility index (Phi) is 4.64. The van der Waals surface area contributed by atoms with Crippen molar-refractivity contribution in [2.24, 2.45) is 5.92 Å². The van der Waals surface area contributed by atoms with Gasteiger partial charge in [-0.25, -0.2) is 0 Å². The fourth-order valence-corrected chi connectivity index (χ4v) is 1.51. The lowest BCUT2D eigenvalue weighted by Gasteiger charge is -2.22. The van der Waals surface area contributed by atoms with Crippen LogP contribution < -0.4 is 10.6 Å². The molecule has 1 saturated heterocycles. The van der Waals surface area contributed by atoms with Gasteiger partial charge < -0.3 is 5.32 Å². The van der Waals surface area contributed by atoms with Gasteiger partial charge in [-0.1, -0.05) is 34.8 Å². The lowest BCUT2D eigenvalue weighted by Crippen LogP contribution is -2.44. The van der Waals surface area contributed by atoms with Crippen molar-refractivity contribution < 1.29 is 9.59 Å². The first kappa shape index (κ1) is 13.0. The molecule has 0 aromatic carbocycles. The lowest BCUT2D eigenvalue weighted by molar-refractivity contribution is -0.132. The molecule has 15 heavy (non-hydrogen) atoms. The van der Waals surface area contributed by atoms with Gasteiger partial charge >= 0.3 is 0 Å². The van der Waals surface area contributed by atoms with E-state index in [1.807, 2.05) is 0 Å². The van der Waals surface area contributed by atoms with Gasteiger partial charge in [0, 0.05) is 5.92 Å². The second-order valence-electron chi connectivity index (χ2n) is 3.34. The molecule has 0 aromatic rings. The minimum absolute atomic E-state index is 0.178. The van der Waals surface area contributed by atoms with Gasteiger partial charge in [-0.15, -0.1) is 0 Å². The molecule has 2 N–H and O–H groups in total. The zero-order valence-electron chi connectivity index (χ0n) is 7.86. The van der Waals surface area contributed by atoms with Gasteiger partial charge in [-0.05, 0) is 25.9 Å². The van der Waals surface area contributed by atoms with E-state index in [4.69, 9.17) is 34.8 Å². The summed E-state index contributed by atoms with van der Waals surface area (Å²) in [6, 6.07) is 0. The first-order valence-electron chi connectivity index (χ1n) is 4.54. The average Bonchev–Trinajstić information content (AvgIpc) is 2.17. The van der Waals surface area contributed by atoms with Crippen LogP contribution in [0, 0.1) is 5.92 Å². The number of halogens is 3. The highest BCUT2D eigenvalue weighted by Gasteiger charge is 2.33. The molecule has 0 atom stereocenters.